The molecule has 0 saturated carbocycles. The third-order valence-corrected chi connectivity index (χ3v) is 3.95. The van der Waals surface area contributed by atoms with Crippen molar-refractivity contribution in [2.24, 2.45) is 5.73 Å². The number of carbonyl (C=O) groups excluding carboxylic acids is 2. The summed E-state index contributed by atoms with van der Waals surface area (Å²) in [6.45, 7) is 3.45. The molecular formula is C16H24N4O2. The SMILES string of the molecule is Cc1ccc(C(=O)N2CCCCC2CNC(=O)CCN)cn1. The molecular weight excluding hydrogens is 280 g/mol. The van der Waals surface area contributed by atoms with Crippen LogP contribution in [0.25, 0.3) is 0 Å². The highest BCUT2D eigenvalue weighted by molar-refractivity contribution is 5.94. The fraction of sp³-hybridized carbons (Fsp3) is 0.562. The van der Waals surface area contributed by atoms with E-state index in [9.17, 15) is 9.59 Å². The van der Waals surface area contributed by atoms with E-state index in [0.29, 0.717) is 25.1 Å². The Labute approximate surface area is 131 Å². The minimum absolute atomic E-state index is 0.00901. The van der Waals surface area contributed by atoms with Gasteiger partial charge in [-0.05, 0) is 38.3 Å². The van der Waals surface area contributed by atoms with Crippen LogP contribution in [0, 0.1) is 6.92 Å². The molecule has 1 aromatic heterocycles. The zero-order chi connectivity index (χ0) is 15.9. The summed E-state index contributed by atoms with van der Waals surface area (Å²) in [4.78, 5) is 30.3. The summed E-state index contributed by atoms with van der Waals surface area (Å²) >= 11 is 0. The Balaban J connectivity index is 2.00. The second-order valence-corrected chi connectivity index (χ2v) is 5.68. The highest BCUT2D eigenvalue weighted by atomic mass is 16.2. The van der Waals surface area contributed by atoms with Crippen LogP contribution in [0.1, 0.15) is 41.7 Å². The number of carbonyl (C=O) groups is 2. The number of hydrogen-bond acceptors (Lipinski definition) is 4. The number of nitrogens with one attached hydrogen (secondary N) is 1. The average molecular weight is 304 g/mol. The Morgan fingerprint density at radius 3 is 2.91 bits per heavy atom. The van der Waals surface area contributed by atoms with Crippen LogP contribution < -0.4 is 11.1 Å². The Bertz CT molecular complexity index is 515. The fourth-order valence-electron chi connectivity index (χ4n) is 2.69. The molecule has 1 saturated heterocycles. The Morgan fingerprint density at radius 1 is 1.41 bits per heavy atom. The van der Waals surface area contributed by atoms with Crippen molar-refractivity contribution in [3.05, 3.63) is 29.6 Å². The molecule has 120 valence electrons. The van der Waals surface area contributed by atoms with Gasteiger partial charge in [-0.2, -0.15) is 0 Å². The normalized spacial score (nSPS) is 18.1. The molecule has 2 heterocycles. The average Bonchev–Trinajstić information content (AvgIpc) is 2.53. The molecule has 2 rings (SSSR count). The van der Waals surface area contributed by atoms with E-state index in [2.05, 4.69) is 10.3 Å². The smallest absolute Gasteiger partial charge is 0.255 e. The van der Waals surface area contributed by atoms with Crippen LogP contribution >= 0.6 is 0 Å². The first-order valence-corrected chi connectivity index (χ1v) is 7.82. The van der Waals surface area contributed by atoms with Gasteiger partial charge in [0.15, 0.2) is 0 Å². The first-order valence-electron chi connectivity index (χ1n) is 7.82. The van der Waals surface area contributed by atoms with Crippen LogP contribution in [0.3, 0.4) is 0 Å². The molecule has 1 aliphatic rings. The maximum Gasteiger partial charge on any atom is 0.255 e. The second-order valence-electron chi connectivity index (χ2n) is 5.68. The number of aryl methyl sites for hydroxylation is 1. The maximum absolute atomic E-state index is 12.6. The number of rotatable bonds is 5. The molecule has 1 fully saturated rings. The minimum Gasteiger partial charge on any atom is -0.354 e. The first kappa shape index (κ1) is 16.4. The summed E-state index contributed by atoms with van der Waals surface area (Å²) in [6, 6.07) is 3.70. The van der Waals surface area contributed by atoms with Gasteiger partial charge in [0.2, 0.25) is 5.91 Å². The van der Waals surface area contributed by atoms with Crippen molar-refractivity contribution in [2.75, 3.05) is 19.6 Å². The number of nitrogens with zero attached hydrogens (tertiary/aromatic N) is 2. The van der Waals surface area contributed by atoms with Gasteiger partial charge in [0.25, 0.3) is 5.91 Å². The number of piperidine rings is 1. The topological polar surface area (TPSA) is 88.3 Å². The standard InChI is InChI=1S/C16H24N4O2/c1-12-5-6-13(10-18-12)16(22)20-9-3-2-4-14(20)11-19-15(21)7-8-17/h5-6,10,14H,2-4,7-9,11,17H2,1H3,(H,19,21). The van der Waals surface area contributed by atoms with Gasteiger partial charge in [-0.15, -0.1) is 0 Å². The number of pyridine rings is 1. The van der Waals surface area contributed by atoms with E-state index in [0.717, 1.165) is 31.5 Å². The van der Waals surface area contributed by atoms with Crippen molar-refractivity contribution < 1.29 is 9.59 Å². The van der Waals surface area contributed by atoms with Crippen LogP contribution in [0.15, 0.2) is 18.3 Å². The first-order chi connectivity index (χ1) is 10.6. The molecule has 0 spiro atoms. The van der Waals surface area contributed by atoms with Gasteiger partial charge in [-0.25, -0.2) is 0 Å². The van der Waals surface area contributed by atoms with Gasteiger partial charge in [0, 0.05) is 44.0 Å². The molecule has 6 heteroatoms. The molecule has 1 aliphatic heterocycles. The molecule has 0 aromatic carbocycles. The zero-order valence-electron chi connectivity index (χ0n) is 13.0. The van der Waals surface area contributed by atoms with E-state index >= 15 is 0 Å². The van der Waals surface area contributed by atoms with Gasteiger partial charge >= 0.3 is 0 Å². The summed E-state index contributed by atoms with van der Waals surface area (Å²) in [7, 11) is 0. The van der Waals surface area contributed by atoms with E-state index in [1.54, 1.807) is 6.20 Å². The summed E-state index contributed by atoms with van der Waals surface area (Å²) < 4.78 is 0. The number of likely N-dealkylation sites (tertiary alicyclic amines) is 1. The third-order valence-electron chi connectivity index (χ3n) is 3.95. The van der Waals surface area contributed by atoms with Gasteiger partial charge in [0.05, 0.1) is 5.56 Å². The van der Waals surface area contributed by atoms with Crippen molar-refractivity contribution in [1.29, 1.82) is 0 Å². The molecule has 0 aliphatic carbocycles. The molecule has 22 heavy (non-hydrogen) atoms. The molecule has 6 nitrogen and oxygen atoms in total. The highest BCUT2D eigenvalue weighted by Crippen LogP contribution is 2.19. The van der Waals surface area contributed by atoms with E-state index in [-0.39, 0.29) is 17.9 Å². The predicted octanol–water partition coefficient (Wildman–Crippen LogP) is 0.850. The van der Waals surface area contributed by atoms with Crippen LogP contribution in [-0.4, -0.2) is 47.4 Å². The van der Waals surface area contributed by atoms with Gasteiger partial charge in [0.1, 0.15) is 0 Å². The van der Waals surface area contributed by atoms with Crippen molar-refractivity contribution >= 4 is 11.8 Å². The molecule has 1 aromatic rings. The monoisotopic (exact) mass is 304 g/mol. The summed E-state index contributed by atoms with van der Waals surface area (Å²) in [6.07, 6.45) is 4.93. The summed E-state index contributed by atoms with van der Waals surface area (Å²) in [5.74, 6) is -0.0669. The zero-order valence-corrected chi connectivity index (χ0v) is 13.0. The summed E-state index contributed by atoms with van der Waals surface area (Å²) in [5.41, 5.74) is 6.86. The lowest BCUT2D eigenvalue weighted by Crippen LogP contribution is -2.49. The van der Waals surface area contributed by atoms with Gasteiger partial charge < -0.3 is 16.0 Å². The number of aromatic nitrogens is 1. The predicted molar refractivity (Wildman–Crippen MR) is 84.3 cm³/mol. The van der Waals surface area contributed by atoms with Crippen LogP contribution in [-0.2, 0) is 4.79 Å². The highest BCUT2D eigenvalue weighted by Gasteiger charge is 2.27. The van der Waals surface area contributed by atoms with Crippen LogP contribution in [0.2, 0.25) is 0 Å². The van der Waals surface area contributed by atoms with Gasteiger partial charge in [-0.1, -0.05) is 0 Å². The number of nitrogens with two attached hydrogens (primary N) is 1. The van der Waals surface area contributed by atoms with Crippen molar-refractivity contribution in [3.8, 4) is 0 Å². The molecule has 1 unspecified atom stereocenters. The van der Waals surface area contributed by atoms with E-state index in [4.69, 9.17) is 5.73 Å². The Hall–Kier alpha value is -1.95. The van der Waals surface area contributed by atoms with Crippen LogP contribution in [0.4, 0.5) is 0 Å². The lowest BCUT2D eigenvalue weighted by molar-refractivity contribution is -0.121. The molecule has 1 atom stereocenters. The molecule has 0 radical (unpaired) electrons. The van der Waals surface area contributed by atoms with Crippen molar-refractivity contribution in [1.82, 2.24) is 15.2 Å². The minimum atomic E-state index is -0.0579. The maximum atomic E-state index is 12.6. The van der Waals surface area contributed by atoms with Crippen LogP contribution in [0.5, 0.6) is 0 Å². The second kappa shape index (κ2) is 7.89. The molecule has 2 amide bonds. The van der Waals surface area contributed by atoms with Gasteiger partial charge in [-0.3, -0.25) is 14.6 Å². The molecule has 3 N–H and O–H groups in total. The number of hydrogen-bond donors (Lipinski definition) is 2. The van der Waals surface area contributed by atoms with E-state index in [1.165, 1.54) is 0 Å². The Morgan fingerprint density at radius 2 is 2.23 bits per heavy atom. The van der Waals surface area contributed by atoms with Crippen molar-refractivity contribution in [2.45, 2.75) is 38.6 Å². The largest absolute Gasteiger partial charge is 0.354 e. The Kier molecular flexibility index (Phi) is 5.89. The van der Waals surface area contributed by atoms with E-state index < -0.39 is 0 Å². The lowest BCUT2D eigenvalue weighted by atomic mass is 10.0. The van der Waals surface area contributed by atoms with E-state index in [1.807, 2.05) is 24.0 Å². The third kappa shape index (κ3) is 4.27. The lowest BCUT2D eigenvalue weighted by Gasteiger charge is -2.36. The summed E-state index contributed by atoms with van der Waals surface area (Å²) in [5, 5.41) is 2.87. The number of amides is 2. The quantitative estimate of drug-likeness (QED) is 0.844. The fourth-order valence-corrected chi connectivity index (χ4v) is 2.69. The van der Waals surface area contributed by atoms with Crippen molar-refractivity contribution in [3.63, 3.8) is 0 Å². The molecule has 0 bridgehead atoms.